The average Bonchev–Trinajstić information content (AvgIpc) is 2.98. The summed E-state index contributed by atoms with van der Waals surface area (Å²) in [6, 6.07) is 29.8. The second-order valence-electron chi connectivity index (χ2n) is 8.88. The maximum absolute atomic E-state index is 13.2. The van der Waals surface area contributed by atoms with Crippen molar-refractivity contribution >= 4 is 68.6 Å². The van der Waals surface area contributed by atoms with Crippen molar-refractivity contribution < 1.29 is 19.2 Å². The van der Waals surface area contributed by atoms with Crippen LogP contribution in [0.3, 0.4) is 0 Å². The largest absolute Gasteiger partial charge is 0.325 e. The molecule has 0 spiro atoms. The quantitative estimate of drug-likeness (QED) is 0.102. The van der Waals surface area contributed by atoms with E-state index in [-0.39, 0.29) is 23.1 Å². The van der Waals surface area contributed by atoms with Gasteiger partial charge in [-0.25, -0.2) is 0 Å². The molecule has 0 aromatic heterocycles. The number of carbonyl (C=O) groups excluding carboxylic acids is 4. The van der Waals surface area contributed by atoms with E-state index in [1.54, 1.807) is 78.9 Å². The van der Waals surface area contributed by atoms with E-state index in [0.717, 1.165) is 14.9 Å². The van der Waals surface area contributed by atoms with Crippen LogP contribution in [0.4, 0.5) is 11.4 Å². The number of hydrogen-bond acceptors (Lipinski definition) is 5. The minimum absolute atomic E-state index is 0.0353. The predicted octanol–water partition coefficient (Wildman–Crippen LogP) is 6.79. The number of nitrogens with one attached hydrogen (secondary N) is 3. The van der Waals surface area contributed by atoms with Crippen LogP contribution in [-0.4, -0.2) is 29.3 Å². The smallest absolute Gasteiger partial charge is 0.272 e. The van der Waals surface area contributed by atoms with E-state index in [9.17, 15) is 19.2 Å². The molecule has 4 aromatic carbocycles. The highest BCUT2D eigenvalue weighted by Gasteiger charge is 2.15. The molecular formula is C32H26BrN3O4S. The van der Waals surface area contributed by atoms with Gasteiger partial charge >= 0.3 is 0 Å². The summed E-state index contributed by atoms with van der Waals surface area (Å²) in [6.07, 6.45) is 1.61. The van der Waals surface area contributed by atoms with Crippen LogP contribution in [0, 0.1) is 0 Å². The van der Waals surface area contributed by atoms with Crippen LogP contribution in [0.1, 0.15) is 33.2 Å². The predicted molar refractivity (Wildman–Crippen MR) is 167 cm³/mol. The van der Waals surface area contributed by atoms with Gasteiger partial charge in [0.2, 0.25) is 5.91 Å². The van der Waals surface area contributed by atoms with Gasteiger partial charge in [-0.1, -0.05) is 46.3 Å². The molecule has 4 rings (SSSR count). The summed E-state index contributed by atoms with van der Waals surface area (Å²) in [5, 5.41) is 8.35. The highest BCUT2D eigenvalue weighted by atomic mass is 79.9. The Balaban J connectivity index is 1.37. The highest BCUT2D eigenvalue weighted by Crippen LogP contribution is 2.22. The van der Waals surface area contributed by atoms with E-state index in [1.165, 1.54) is 18.7 Å². The third-order valence-corrected chi connectivity index (χ3v) is 7.31. The minimum atomic E-state index is -0.479. The number of Topliss-reactive ketones (excluding diaryl/α,β-unsaturated/α-hetero) is 1. The zero-order valence-corrected chi connectivity index (χ0v) is 24.4. The third-order valence-electron chi connectivity index (χ3n) is 5.77. The lowest BCUT2D eigenvalue weighted by Crippen LogP contribution is -2.30. The normalized spacial score (nSPS) is 10.9. The maximum Gasteiger partial charge on any atom is 0.272 e. The Morgan fingerprint density at radius 1 is 0.732 bits per heavy atom. The summed E-state index contributed by atoms with van der Waals surface area (Å²) >= 11 is 4.75. The van der Waals surface area contributed by atoms with Crippen molar-refractivity contribution in [3.8, 4) is 0 Å². The van der Waals surface area contributed by atoms with Gasteiger partial charge in [-0.3, -0.25) is 19.2 Å². The van der Waals surface area contributed by atoms with Gasteiger partial charge in [-0.05, 0) is 91.4 Å². The number of thioether (sulfide) groups is 1. The van der Waals surface area contributed by atoms with Crippen molar-refractivity contribution in [2.24, 2.45) is 0 Å². The van der Waals surface area contributed by atoms with Gasteiger partial charge in [0.1, 0.15) is 5.70 Å². The van der Waals surface area contributed by atoms with Gasteiger partial charge in [0.05, 0.1) is 5.75 Å². The van der Waals surface area contributed by atoms with Crippen molar-refractivity contribution in [2.75, 3.05) is 16.4 Å². The molecule has 0 saturated heterocycles. The van der Waals surface area contributed by atoms with E-state index < -0.39 is 11.8 Å². The van der Waals surface area contributed by atoms with Gasteiger partial charge in [0.25, 0.3) is 11.8 Å². The molecule has 0 fully saturated rings. The molecule has 7 nitrogen and oxygen atoms in total. The monoisotopic (exact) mass is 627 g/mol. The summed E-state index contributed by atoms with van der Waals surface area (Å²) in [5.74, 6) is -0.908. The Kier molecular flexibility index (Phi) is 10.3. The van der Waals surface area contributed by atoms with Crippen molar-refractivity contribution in [1.82, 2.24) is 5.32 Å². The Bertz CT molecular complexity index is 1570. The zero-order chi connectivity index (χ0) is 29.2. The number of halogens is 1. The Hall–Kier alpha value is -4.47. The first kappa shape index (κ1) is 29.5. The standard InChI is InChI=1S/C32H26BrN3O4S/c1-21(37)23-9-13-26(14-10-23)34-30(38)20-41-28-17-15-27(16-18-28)35-32(40)29(19-22-7-11-25(33)12-8-22)36-31(39)24-5-3-2-4-6-24/h2-19H,20H2,1H3,(H,34,38)(H,35,40)(H,36,39)/b29-19-. The van der Waals surface area contributed by atoms with E-state index in [0.29, 0.717) is 22.5 Å². The molecule has 4 aromatic rings. The van der Waals surface area contributed by atoms with Crippen LogP contribution < -0.4 is 16.0 Å². The summed E-state index contributed by atoms with van der Waals surface area (Å²) in [6.45, 7) is 1.49. The van der Waals surface area contributed by atoms with Crippen molar-refractivity contribution in [1.29, 1.82) is 0 Å². The third kappa shape index (κ3) is 9.02. The van der Waals surface area contributed by atoms with Gasteiger partial charge in [-0.2, -0.15) is 0 Å². The van der Waals surface area contributed by atoms with Crippen LogP contribution in [0.15, 0.2) is 118 Å². The molecule has 0 aliphatic heterocycles. The molecular weight excluding hydrogens is 602 g/mol. The molecule has 41 heavy (non-hydrogen) atoms. The van der Waals surface area contributed by atoms with Crippen LogP contribution in [-0.2, 0) is 9.59 Å². The van der Waals surface area contributed by atoms with Crippen molar-refractivity contribution in [3.63, 3.8) is 0 Å². The van der Waals surface area contributed by atoms with Crippen molar-refractivity contribution in [2.45, 2.75) is 11.8 Å². The summed E-state index contributed by atoms with van der Waals surface area (Å²) < 4.78 is 0.896. The molecule has 0 radical (unpaired) electrons. The fourth-order valence-electron chi connectivity index (χ4n) is 3.64. The van der Waals surface area contributed by atoms with Crippen LogP contribution in [0.5, 0.6) is 0 Å². The lowest BCUT2D eigenvalue weighted by Gasteiger charge is -2.12. The molecule has 0 aliphatic carbocycles. The lowest BCUT2D eigenvalue weighted by molar-refractivity contribution is -0.114. The van der Waals surface area contributed by atoms with E-state index in [1.807, 2.05) is 30.3 Å². The number of carbonyl (C=O) groups is 4. The second kappa shape index (κ2) is 14.2. The first-order chi connectivity index (χ1) is 19.8. The van der Waals surface area contributed by atoms with Gasteiger partial charge in [-0.15, -0.1) is 11.8 Å². The topological polar surface area (TPSA) is 104 Å². The molecule has 0 aliphatic rings. The fourth-order valence-corrected chi connectivity index (χ4v) is 4.60. The van der Waals surface area contributed by atoms with E-state index in [2.05, 4.69) is 31.9 Å². The highest BCUT2D eigenvalue weighted by molar-refractivity contribution is 9.10. The van der Waals surface area contributed by atoms with Gasteiger partial charge < -0.3 is 16.0 Å². The number of ketones is 1. The Labute approximate surface area is 250 Å². The maximum atomic E-state index is 13.2. The number of amides is 3. The second-order valence-corrected chi connectivity index (χ2v) is 10.8. The molecule has 0 heterocycles. The summed E-state index contributed by atoms with van der Waals surface area (Å²) in [4.78, 5) is 50.6. The molecule has 0 bridgehead atoms. The molecule has 0 atom stereocenters. The Morgan fingerprint density at radius 2 is 1.34 bits per heavy atom. The molecule has 3 amide bonds. The van der Waals surface area contributed by atoms with Crippen molar-refractivity contribution in [3.05, 3.63) is 130 Å². The first-order valence-electron chi connectivity index (χ1n) is 12.6. The molecule has 3 N–H and O–H groups in total. The zero-order valence-electron chi connectivity index (χ0n) is 22.0. The Morgan fingerprint density at radius 3 is 1.98 bits per heavy atom. The summed E-state index contributed by atoms with van der Waals surface area (Å²) in [7, 11) is 0. The molecule has 0 saturated carbocycles. The molecule has 9 heteroatoms. The molecule has 206 valence electrons. The number of anilines is 2. The van der Waals surface area contributed by atoms with Crippen LogP contribution in [0.25, 0.3) is 6.08 Å². The number of rotatable bonds is 10. The van der Waals surface area contributed by atoms with E-state index in [4.69, 9.17) is 0 Å². The molecule has 0 unspecified atom stereocenters. The lowest BCUT2D eigenvalue weighted by atomic mass is 10.1. The van der Waals surface area contributed by atoms with Gasteiger partial charge in [0, 0.05) is 31.9 Å². The first-order valence-corrected chi connectivity index (χ1v) is 14.3. The fraction of sp³-hybridized carbons (Fsp3) is 0.0625. The van der Waals surface area contributed by atoms with E-state index >= 15 is 0 Å². The number of benzene rings is 4. The van der Waals surface area contributed by atoms with Crippen LogP contribution >= 0.6 is 27.7 Å². The SMILES string of the molecule is CC(=O)c1ccc(NC(=O)CSc2ccc(NC(=O)/C(=C/c3ccc(Br)cc3)NC(=O)c3ccccc3)cc2)cc1. The summed E-state index contributed by atoms with van der Waals surface area (Å²) in [5.41, 5.74) is 2.99. The van der Waals surface area contributed by atoms with Crippen LogP contribution in [0.2, 0.25) is 0 Å². The average molecular weight is 629 g/mol. The minimum Gasteiger partial charge on any atom is -0.325 e. The number of hydrogen-bond donors (Lipinski definition) is 3. The van der Waals surface area contributed by atoms with Gasteiger partial charge in [0.15, 0.2) is 5.78 Å².